The standard InChI is InChI=1S/C20H25NO5S2/c1-14(2)28(24,25)13-16-8-7-15-11-19(9-10-20(15)16)26-18-6-4-5-17(12-18)21-27(3,22)23/h4-6,9-12,14,16,21H,7-8,13H2,1-3H3. The summed E-state index contributed by atoms with van der Waals surface area (Å²) >= 11 is 0. The van der Waals surface area contributed by atoms with Crippen molar-refractivity contribution in [3.05, 3.63) is 53.6 Å². The summed E-state index contributed by atoms with van der Waals surface area (Å²) in [4.78, 5) is 0. The third-order valence-corrected chi connectivity index (χ3v) is 7.75. The first kappa shape index (κ1) is 20.7. The summed E-state index contributed by atoms with van der Waals surface area (Å²) in [6.07, 6.45) is 2.73. The molecule has 1 unspecified atom stereocenters. The Morgan fingerprint density at radius 2 is 1.79 bits per heavy atom. The minimum atomic E-state index is -3.36. The number of hydrogen-bond acceptors (Lipinski definition) is 5. The molecule has 152 valence electrons. The van der Waals surface area contributed by atoms with Crippen LogP contribution in [0, 0.1) is 0 Å². The molecule has 8 heteroatoms. The lowest BCUT2D eigenvalue weighted by Crippen LogP contribution is -2.21. The monoisotopic (exact) mass is 423 g/mol. The average molecular weight is 424 g/mol. The van der Waals surface area contributed by atoms with Crippen molar-refractivity contribution in [3.8, 4) is 11.5 Å². The van der Waals surface area contributed by atoms with Crippen LogP contribution < -0.4 is 9.46 Å². The summed E-state index contributed by atoms with van der Waals surface area (Å²) in [7, 11) is -6.45. The van der Waals surface area contributed by atoms with Gasteiger partial charge in [0.2, 0.25) is 10.0 Å². The van der Waals surface area contributed by atoms with E-state index in [9.17, 15) is 16.8 Å². The van der Waals surface area contributed by atoms with E-state index in [1.807, 2.05) is 18.2 Å². The fourth-order valence-corrected chi connectivity index (χ4v) is 5.21. The number of ether oxygens (including phenoxy) is 1. The van der Waals surface area contributed by atoms with Crippen molar-refractivity contribution in [1.29, 1.82) is 0 Å². The smallest absolute Gasteiger partial charge is 0.229 e. The first-order valence-corrected chi connectivity index (χ1v) is 12.7. The summed E-state index contributed by atoms with van der Waals surface area (Å²) in [5.41, 5.74) is 2.61. The number of sulfone groups is 1. The molecule has 0 aliphatic heterocycles. The van der Waals surface area contributed by atoms with E-state index in [-0.39, 0.29) is 16.9 Å². The van der Waals surface area contributed by atoms with Crippen LogP contribution in [0.1, 0.15) is 37.3 Å². The third-order valence-electron chi connectivity index (χ3n) is 4.84. The molecule has 0 radical (unpaired) electrons. The second-order valence-electron chi connectivity index (χ2n) is 7.48. The molecular formula is C20H25NO5S2. The SMILES string of the molecule is CC(C)S(=O)(=O)CC1CCc2cc(Oc3cccc(NS(C)(=O)=O)c3)ccc21. The predicted molar refractivity (Wildman–Crippen MR) is 111 cm³/mol. The molecule has 0 aromatic heterocycles. The van der Waals surface area contributed by atoms with E-state index in [2.05, 4.69) is 4.72 Å². The van der Waals surface area contributed by atoms with Gasteiger partial charge in [-0.2, -0.15) is 0 Å². The van der Waals surface area contributed by atoms with Crippen LogP contribution in [0.3, 0.4) is 0 Å². The quantitative estimate of drug-likeness (QED) is 0.733. The number of rotatable bonds is 7. The van der Waals surface area contributed by atoms with Crippen molar-refractivity contribution in [2.75, 3.05) is 16.7 Å². The first-order chi connectivity index (χ1) is 13.0. The van der Waals surface area contributed by atoms with Gasteiger partial charge in [0.1, 0.15) is 11.5 Å². The fourth-order valence-electron chi connectivity index (χ4n) is 3.36. The van der Waals surface area contributed by atoms with Crippen LogP contribution in [0.5, 0.6) is 11.5 Å². The third kappa shape index (κ3) is 5.05. The normalized spacial score (nSPS) is 16.8. The first-order valence-electron chi connectivity index (χ1n) is 9.13. The maximum atomic E-state index is 12.3. The van der Waals surface area contributed by atoms with Crippen LogP contribution in [0.4, 0.5) is 5.69 Å². The maximum Gasteiger partial charge on any atom is 0.229 e. The number of aryl methyl sites for hydroxylation is 1. The molecule has 1 atom stereocenters. The van der Waals surface area contributed by atoms with Crippen LogP contribution in [0.15, 0.2) is 42.5 Å². The zero-order valence-electron chi connectivity index (χ0n) is 16.2. The number of nitrogens with one attached hydrogen (secondary N) is 1. The molecule has 0 saturated heterocycles. The zero-order chi connectivity index (χ0) is 20.5. The Morgan fingerprint density at radius 3 is 2.46 bits per heavy atom. The van der Waals surface area contributed by atoms with E-state index >= 15 is 0 Å². The lowest BCUT2D eigenvalue weighted by Gasteiger charge is -2.15. The molecule has 0 heterocycles. The van der Waals surface area contributed by atoms with Crippen LogP contribution >= 0.6 is 0 Å². The van der Waals surface area contributed by atoms with E-state index in [0.717, 1.165) is 30.2 Å². The Kier molecular flexibility index (Phi) is 5.72. The summed E-state index contributed by atoms with van der Waals surface area (Å²) in [5.74, 6) is 1.36. The molecule has 2 aromatic carbocycles. The molecule has 28 heavy (non-hydrogen) atoms. The zero-order valence-corrected chi connectivity index (χ0v) is 17.8. The lowest BCUT2D eigenvalue weighted by atomic mass is 10.0. The molecule has 1 N–H and O–H groups in total. The minimum absolute atomic E-state index is 0.0266. The highest BCUT2D eigenvalue weighted by atomic mass is 32.2. The van der Waals surface area contributed by atoms with Gasteiger partial charge in [-0.3, -0.25) is 4.72 Å². The van der Waals surface area contributed by atoms with E-state index in [4.69, 9.17) is 4.74 Å². The number of fused-ring (bicyclic) bond motifs is 1. The van der Waals surface area contributed by atoms with Gasteiger partial charge in [-0.25, -0.2) is 16.8 Å². The highest BCUT2D eigenvalue weighted by Gasteiger charge is 2.29. The Balaban J connectivity index is 1.76. The van der Waals surface area contributed by atoms with Gasteiger partial charge in [-0.05, 0) is 68.0 Å². The molecule has 1 aliphatic rings. The van der Waals surface area contributed by atoms with Crippen LogP contribution in [-0.4, -0.2) is 34.1 Å². The molecule has 0 fully saturated rings. The van der Waals surface area contributed by atoms with Crippen molar-refractivity contribution in [3.63, 3.8) is 0 Å². The van der Waals surface area contributed by atoms with Gasteiger partial charge in [0.05, 0.1) is 22.9 Å². The van der Waals surface area contributed by atoms with E-state index in [1.165, 1.54) is 0 Å². The van der Waals surface area contributed by atoms with Crippen molar-refractivity contribution in [2.45, 2.75) is 37.9 Å². The minimum Gasteiger partial charge on any atom is -0.457 e. The van der Waals surface area contributed by atoms with E-state index in [0.29, 0.717) is 17.2 Å². The van der Waals surface area contributed by atoms with Gasteiger partial charge < -0.3 is 4.74 Å². The molecule has 0 bridgehead atoms. The second-order valence-corrected chi connectivity index (χ2v) is 11.8. The van der Waals surface area contributed by atoms with Crippen molar-refractivity contribution >= 4 is 25.5 Å². The van der Waals surface area contributed by atoms with Gasteiger partial charge in [0.15, 0.2) is 9.84 Å². The van der Waals surface area contributed by atoms with Gasteiger partial charge in [0, 0.05) is 6.07 Å². The topological polar surface area (TPSA) is 89.5 Å². The van der Waals surface area contributed by atoms with E-state index in [1.54, 1.807) is 38.1 Å². The van der Waals surface area contributed by atoms with Gasteiger partial charge >= 0.3 is 0 Å². The second kappa shape index (κ2) is 7.75. The van der Waals surface area contributed by atoms with Gasteiger partial charge in [-0.15, -0.1) is 0 Å². The molecule has 2 aromatic rings. The highest BCUT2D eigenvalue weighted by Crippen LogP contribution is 2.37. The van der Waals surface area contributed by atoms with Crippen molar-refractivity contribution in [1.82, 2.24) is 0 Å². The van der Waals surface area contributed by atoms with Crippen molar-refractivity contribution in [2.24, 2.45) is 0 Å². The number of sulfonamides is 1. The maximum absolute atomic E-state index is 12.3. The molecule has 0 spiro atoms. The highest BCUT2D eigenvalue weighted by molar-refractivity contribution is 7.92. The lowest BCUT2D eigenvalue weighted by molar-refractivity contribution is 0.482. The molecule has 0 saturated carbocycles. The van der Waals surface area contributed by atoms with Gasteiger partial charge in [0.25, 0.3) is 0 Å². The fraction of sp³-hybridized carbons (Fsp3) is 0.400. The van der Waals surface area contributed by atoms with Crippen molar-refractivity contribution < 1.29 is 21.6 Å². The molecule has 1 aliphatic carbocycles. The Labute approximate surface area is 166 Å². The van der Waals surface area contributed by atoms with Crippen LogP contribution in [0.2, 0.25) is 0 Å². The Hall–Kier alpha value is -2.06. The summed E-state index contributed by atoms with van der Waals surface area (Å²) in [5, 5.41) is -0.369. The predicted octanol–water partition coefficient (Wildman–Crippen LogP) is 3.70. The van der Waals surface area contributed by atoms with Crippen LogP contribution in [-0.2, 0) is 26.3 Å². The summed E-state index contributed by atoms with van der Waals surface area (Å²) in [6.45, 7) is 3.43. The largest absolute Gasteiger partial charge is 0.457 e. The molecule has 6 nitrogen and oxygen atoms in total. The number of benzene rings is 2. The van der Waals surface area contributed by atoms with Gasteiger partial charge in [-0.1, -0.05) is 12.1 Å². The Bertz CT molecular complexity index is 1080. The number of anilines is 1. The Morgan fingerprint density at radius 1 is 1.07 bits per heavy atom. The molecular weight excluding hydrogens is 398 g/mol. The summed E-state index contributed by atoms with van der Waals surface area (Å²) in [6, 6.07) is 12.4. The molecule has 3 rings (SSSR count). The summed E-state index contributed by atoms with van der Waals surface area (Å²) < 4.78 is 55.6. The van der Waals surface area contributed by atoms with Crippen LogP contribution in [0.25, 0.3) is 0 Å². The number of hydrogen-bond donors (Lipinski definition) is 1. The van der Waals surface area contributed by atoms with E-state index < -0.39 is 19.9 Å². The average Bonchev–Trinajstić information content (AvgIpc) is 2.95. The molecule has 0 amide bonds.